The number of benzene rings is 3. The normalized spacial score (nSPS) is 11.0. The van der Waals surface area contributed by atoms with Crippen molar-refractivity contribution in [3.8, 4) is 0 Å². The molecule has 4 heteroatoms. The van der Waals surface area contributed by atoms with Crippen molar-refractivity contribution in [1.82, 2.24) is 0 Å². The highest BCUT2D eigenvalue weighted by Gasteiger charge is 2.14. The lowest BCUT2D eigenvalue weighted by atomic mass is 9.87. The first-order valence-corrected chi connectivity index (χ1v) is 10.2. The molecule has 0 bridgehead atoms. The fourth-order valence-corrected chi connectivity index (χ4v) is 3.09. The van der Waals surface area contributed by atoms with Gasteiger partial charge in [0, 0.05) is 23.4 Å². The lowest BCUT2D eigenvalue weighted by molar-refractivity contribution is -0.116. The number of carbonyl (C=O) groups excluding carboxylic acids is 2. The Hall–Kier alpha value is -3.40. The predicted molar refractivity (Wildman–Crippen MR) is 123 cm³/mol. The first-order valence-electron chi connectivity index (χ1n) is 10.2. The highest BCUT2D eigenvalue weighted by Crippen LogP contribution is 2.22. The van der Waals surface area contributed by atoms with Gasteiger partial charge in [-0.3, -0.25) is 9.59 Å². The standard InChI is InChI=1S/C26H28N2O2/c1-26(2,3)21-12-10-20(11-13-21)25(30)28-23-16-14-22(15-17-23)27-24(29)18-9-19-7-5-4-6-8-19/h4-8,10-17H,9,18H2,1-3H3,(H,27,29)(H,28,30). The Kier molecular flexibility index (Phi) is 6.68. The second kappa shape index (κ2) is 9.40. The molecule has 2 N–H and O–H groups in total. The van der Waals surface area contributed by atoms with Crippen LogP contribution in [0.1, 0.15) is 48.7 Å². The van der Waals surface area contributed by atoms with Crippen molar-refractivity contribution in [2.45, 2.75) is 39.0 Å². The molecule has 4 nitrogen and oxygen atoms in total. The summed E-state index contributed by atoms with van der Waals surface area (Å²) < 4.78 is 0. The average molecular weight is 401 g/mol. The van der Waals surface area contributed by atoms with E-state index in [9.17, 15) is 9.59 Å². The minimum atomic E-state index is -0.157. The van der Waals surface area contributed by atoms with Gasteiger partial charge in [-0.15, -0.1) is 0 Å². The number of hydrogen-bond donors (Lipinski definition) is 2. The van der Waals surface area contributed by atoms with Crippen molar-refractivity contribution in [2.75, 3.05) is 10.6 Å². The number of carbonyl (C=O) groups is 2. The molecule has 0 fully saturated rings. The second-order valence-electron chi connectivity index (χ2n) is 8.39. The van der Waals surface area contributed by atoms with E-state index in [-0.39, 0.29) is 17.2 Å². The van der Waals surface area contributed by atoms with E-state index in [1.54, 1.807) is 24.3 Å². The number of rotatable bonds is 6. The molecular formula is C26H28N2O2. The van der Waals surface area contributed by atoms with E-state index in [0.29, 0.717) is 29.8 Å². The molecule has 0 aromatic heterocycles. The molecule has 0 aliphatic heterocycles. The fraction of sp³-hybridized carbons (Fsp3) is 0.231. The summed E-state index contributed by atoms with van der Waals surface area (Å²) in [4.78, 5) is 24.6. The zero-order chi connectivity index (χ0) is 21.6. The van der Waals surface area contributed by atoms with Crippen LogP contribution >= 0.6 is 0 Å². The van der Waals surface area contributed by atoms with E-state index >= 15 is 0 Å². The molecule has 0 radical (unpaired) electrons. The maximum absolute atomic E-state index is 12.5. The minimum absolute atomic E-state index is 0.0328. The topological polar surface area (TPSA) is 58.2 Å². The number of hydrogen-bond acceptors (Lipinski definition) is 2. The van der Waals surface area contributed by atoms with Gasteiger partial charge in [0.2, 0.25) is 5.91 Å². The van der Waals surface area contributed by atoms with E-state index in [1.807, 2.05) is 54.6 Å². The summed E-state index contributed by atoms with van der Waals surface area (Å²) in [5.74, 6) is -0.190. The van der Waals surface area contributed by atoms with Crippen LogP contribution in [0.3, 0.4) is 0 Å². The van der Waals surface area contributed by atoms with Crippen molar-refractivity contribution in [3.05, 3.63) is 95.6 Å². The van der Waals surface area contributed by atoms with E-state index in [2.05, 4.69) is 31.4 Å². The van der Waals surface area contributed by atoms with Crippen LogP contribution in [0.25, 0.3) is 0 Å². The Bertz CT molecular complexity index is 986. The van der Waals surface area contributed by atoms with Crippen molar-refractivity contribution in [2.24, 2.45) is 0 Å². The number of anilines is 2. The summed E-state index contributed by atoms with van der Waals surface area (Å²) in [7, 11) is 0. The van der Waals surface area contributed by atoms with Gasteiger partial charge in [-0.1, -0.05) is 63.2 Å². The molecule has 0 atom stereocenters. The smallest absolute Gasteiger partial charge is 0.255 e. The Morgan fingerprint density at radius 3 is 1.87 bits per heavy atom. The van der Waals surface area contributed by atoms with Crippen LogP contribution in [-0.2, 0) is 16.6 Å². The second-order valence-corrected chi connectivity index (χ2v) is 8.39. The SMILES string of the molecule is CC(C)(C)c1ccc(C(=O)Nc2ccc(NC(=O)CCc3ccccc3)cc2)cc1. The quantitative estimate of drug-likeness (QED) is 0.549. The summed E-state index contributed by atoms with van der Waals surface area (Å²) in [5.41, 5.74) is 4.38. The largest absolute Gasteiger partial charge is 0.326 e. The summed E-state index contributed by atoms with van der Waals surface area (Å²) in [5, 5.41) is 5.79. The maximum atomic E-state index is 12.5. The monoisotopic (exact) mass is 400 g/mol. The third-order valence-electron chi connectivity index (χ3n) is 4.92. The highest BCUT2D eigenvalue weighted by atomic mass is 16.2. The van der Waals surface area contributed by atoms with Gasteiger partial charge in [0.1, 0.15) is 0 Å². The van der Waals surface area contributed by atoms with Gasteiger partial charge >= 0.3 is 0 Å². The van der Waals surface area contributed by atoms with E-state index < -0.39 is 0 Å². The lowest BCUT2D eigenvalue weighted by Crippen LogP contribution is -2.14. The average Bonchev–Trinajstić information content (AvgIpc) is 2.74. The molecule has 30 heavy (non-hydrogen) atoms. The minimum Gasteiger partial charge on any atom is -0.326 e. The molecule has 0 saturated heterocycles. The van der Waals surface area contributed by atoms with Crippen molar-refractivity contribution in [3.63, 3.8) is 0 Å². The zero-order valence-corrected chi connectivity index (χ0v) is 17.7. The Morgan fingerprint density at radius 1 is 0.733 bits per heavy atom. The molecule has 0 aliphatic rings. The fourth-order valence-electron chi connectivity index (χ4n) is 3.09. The van der Waals surface area contributed by atoms with Crippen LogP contribution in [0.5, 0.6) is 0 Å². The summed E-state index contributed by atoms with van der Waals surface area (Å²) in [6, 6.07) is 24.8. The van der Waals surface area contributed by atoms with E-state index in [0.717, 1.165) is 5.56 Å². The molecule has 0 saturated carbocycles. The molecule has 0 unspecified atom stereocenters. The molecule has 0 spiro atoms. The van der Waals surface area contributed by atoms with Gasteiger partial charge in [-0.25, -0.2) is 0 Å². The number of amides is 2. The highest BCUT2D eigenvalue weighted by molar-refractivity contribution is 6.04. The van der Waals surface area contributed by atoms with Crippen LogP contribution in [0.4, 0.5) is 11.4 Å². The Morgan fingerprint density at radius 2 is 1.30 bits per heavy atom. The van der Waals surface area contributed by atoms with Crippen LogP contribution in [-0.4, -0.2) is 11.8 Å². The molecule has 3 rings (SSSR count). The molecular weight excluding hydrogens is 372 g/mol. The van der Waals surface area contributed by atoms with E-state index in [1.165, 1.54) is 5.56 Å². The molecule has 3 aromatic rings. The van der Waals surface area contributed by atoms with Crippen LogP contribution in [0.2, 0.25) is 0 Å². The first kappa shape index (κ1) is 21.3. The molecule has 0 heterocycles. The molecule has 2 amide bonds. The van der Waals surface area contributed by atoms with Crippen LogP contribution in [0, 0.1) is 0 Å². The first-order chi connectivity index (χ1) is 14.3. The van der Waals surface area contributed by atoms with E-state index in [4.69, 9.17) is 0 Å². The van der Waals surface area contributed by atoms with Crippen molar-refractivity contribution < 1.29 is 9.59 Å². The number of nitrogens with one attached hydrogen (secondary N) is 2. The summed E-state index contributed by atoms with van der Waals surface area (Å²) in [6.07, 6.45) is 1.13. The van der Waals surface area contributed by atoms with Gasteiger partial charge in [-0.2, -0.15) is 0 Å². The van der Waals surface area contributed by atoms with Gasteiger partial charge in [0.05, 0.1) is 0 Å². The Labute approximate surface area is 178 Å². The summed E-state index contributed by atoms with van der Waals surface area (Å²) in [6.45, 7) is 6.43. The van der Waals surface area contributed by atoms with Crippen LogP contribution < -0.4 is 10.6 Å². The molecule has 3 aromatic carbocycles. The lowest BCUT2D eigenvalue weighted by Gasteiger charge is -2.19. The van der Waals surface area contributed by atoms with Crippen molar-refractivity contribution >= 4 is 23.2 Å². The maximum Gasteiger partial charge on any atom is 0.255 e. The van der Waals surface area contributed by atoms with Gasteiger partial charge in [-0.05, 0) is 59.4 Å². The van der Waals surface area contributed by atoms with Gasteiger partial charge in [0.15, 0.2) is 0 Å². The third-order valence-corrected chi connectivity index (χ3v) is 4.92. The number of aryl methyl sites for hydroxylation is 1. The Balaban J connectivity index is 1.52. The van der Waals surface area contributed by atoms with Crippen LogP contribution in [0.15, 0.2) is 78.9 Å². The molecule has 0 aliphatic carbocycles. The third kappa shape index (κ3) is 6.05. The molecule has 154 valence electrons. The van der Waals surface area contributed by atoms with Gasteiger partial charge < -0.3 is 10.6 Å². The summed E-state index contributed by atoms with van der Waals surface area (Å²) >= 11 is 0. The zero-order valence-electron chi connectivity index (χ0n) is 17.7. The van der Waals surface area contributed by atoms with Gasteiger partial charge in [0.25, 0.3) is 5.91 Å². The predicted octanol–water partition coefficient (Wildman–Crippen LogP) is 5.81. The van der Waals surface area contributed by atoms with Crippen molar-refractivity contribution in [1.29, 1.82) is 0 Å².